The summed E-state index contributed by atoms with van der Waals surface area (Å²) in [7, 11) is -2.08. The summed E-state index contributed by atoms with van der Waals surface area (Å²) in [5.74, 6) is 0. The van der Waals surface area contributed by atoms with E-state index in [9.17, 15) is 8.42 Å². The van der Waals surface area contributed by atoms with E-state index in [-0.39, 0.29) is 11.1 Å². The van der Waals surface area contributed by atoms with Crippen molar-refractivity contribution in [3.63, 3.8) is 0 Å². The van der Waals surface area contributed by atoms with E-state index in [2.05, 4.69) is 19.9 Å². The van der Waals surface area contributed by atoms with Crippen LogP contribution in [0.3, 0.4) is 0 Å². The Labute approximate surface area is 139 Å². The van der Waals surface area contributed by atoms with Gasteiger partial charge in [-0.25, -0.2) is 17.8 Å². The van der Waals surface area contributed by atoms with Crippen molar-refractivity contribution < 1.29 is 13.2 Å². The van der Waals surface area contributed by atoms with Gasteiger partial charge < -0.3 is 4.74 Å². The number of hydrogen-bond donors (Lipinski definition) is 1. The van der Waals surface area contributed by atoms with Crippen molar-refractivity contribution in [2.24, 2.45) is 7.05 Å². The van der Waals surface area contributed by atoms with Crippen LogP contribution in [0, 0.1) is 0 Å². The topological polar surface area (TPSA) is 89.3 Å². The van der Waals surface area contributed by atoms with E-state index >= 15 is 0 Å². The van der Waals surface area contributed by atoms with Crippen molar-refractivity contribution in [3.05, 3.63) is 28.6 Å². The zero-order chi connectivity index (χ0) is 16.3. The zero-order valence-corrected chi connectivity index (χ0v) is 14.4. The summed E-state index contributed by atoms with van der Waals surface area (Å²) in [4.78, 5) is 3.39. The number of thiophene rings is 1. The molecule has 3 rings (SSSR count). The first-order chi connectivity index (χ1) is 11.1. The molecular formula is C13H19N5O3S2. The van der Waals surface area contributed by atoms with E-state index in [4.69, 9.17) is 4.74 Å². The molecule has 1 N–H and O–H groups in total. The lowest BCUT2D eigenvalue weighted by atomic mass is 10.2. The van der Waals surface area contributed by atoms with Crippen molar-refractivity contribution >= 4 is 21.4 Å². The fourth-order valence-corrected chi connectivity index (χ4v) is 4.52. The van der Waals surface area contributed by atoms with Crippen LogP contribution in [0.2, 0.25) is 0 Å². The molecule has 0 radical (unpaired) electrons. The largest absolute Gasteiger partial charge is 0.379 e. The van der Waals surface area contributed by atoms with E-state index < -0.39 is 10.0 Å². The first-order valence-electron chi connectivity index (χ1n) is 7.27. The molecule has 10 heteroatoms. The molecule has 0 aromatic carbocycles. The maximum absolute atomic E-state index is 12.4. The molecule has 0 bridgehead atoms. The van der Waals surface area contributed by atoms with Crippen LogP contribution in [0.25, 0.3) is 0 Å². The third-order valence-corrected chi connectivity index (χ3v) is 6.21. The molecule has 126 valence electrons. The molecule has 0 amide bonds. The van der Waals surface area contributed by atoms with E-state index in [0.717, 1.165) is 18.0 Å². The van der Waals surface area contributed by atoms with Crippen LogP contribution in [0.5, 0.6) is 0 Å². The number of aromatic nitrogens is 3. The third kappa shape index (κ3) is 3.78. The highest BCUT2D eigenvalue weighted by molar-refractivity contribution is 7.89. The van der Waals surface area contributed by atoms with Gasteiger partial charge in [-0.3, -0.25) is 4.90 Å². The summed E-state index contributed by atoms with van der Waals surface area (Å²) in [6.07, 6.45) is 1.25. The Morgan fingerprint density at radius 3 is 2.83 bits per heavy atom. The number of aryl methyl sites for hydroxylation is 1. The highest BCUT2D eigenvalue weighted by Crippen LogP contribution is 2.25. The average molecular weight is 357 g/mol. The normalized spacial score (nSPS) is 18.1. The Morgan fingerprint density at radius 2 is 2.22 bits per heavy atom. The van der Waals surface area contributed by atoms with Gasteiger partial charge in [-0.2, -0.15) is 0 Å². The van der Waals surface area contributed by atoms with Gasteiger partial charge in [-0.05, 0) is 11.4 Å². The van der Waals surface area contributed by atoms with Crippen LogP contribution in [-0.4, -0.2) is 61.2 Å². The van der Waals surface area contributed by atoms with Crippen molar-refractivity contribution in [2.75, 3.05) is 32.8 Å². The van der Waals surface area contributed by atoms with Crippen LogP contribution >= 0.6 is 11.3 Å². The molecule has 23 heavy (non-hydrogen) atoms. The van der Waals surface area contributed by atoms with Crippen molar-refractivity contribution in [1.29, 1.82) is 0 Å². The van der Waals surface area contributed by atoms with Gasteiger partial charge in [-0.15, -0.1) is 16.4 Å². The van der Waals surface area contributed by atoms with Gasteiger partial charge in [0, 0.05) is 31.6 Å². The van der Waals surface area contributed by atoms with Crippen LogP contribution in [0.15, 0.2) is 28.7 Å². The molecule has 8 nitrogen and oxygen atoms in total. The van der Waals surface area contributed by atoms with Crippen molar-refractivity contribution in [1.82, 2.24) is 24.6 Å². The molecule has 0 saturated carbocycles. The molecule has 0 spiro atoms. The number of nitrogens with zero attached hydrogens (tertiary/aromatic N) is 4. The lowest BCUT2D eigenvalue weighted by Gasteiger charge is -2.34. The summed E-state index contributed by atoms with van der Waals surface area (Å²) in [6, 6.07) is 4.01. The fourth-order valence-electron chi connectivity index (χ4n) is 2.57. The third-order valence-electron chi connectivity index (χ3n) is 3.77. The number of morpholine rings is 1. The summed E-state index contributed by atoms with van der Waals surface area (Å²) in [5.41, 5.74) is 0. The predicted octanol–water partition coefficient (Wildman–Crippen LogP) is 0.228. The average Bonchev–Trinajstić information content (AvgIpc) is 3.20. The molecule has 1 fully saturated rings. The van der Waals surface area contributed by atoms with Gasteiger partial charge in [0.1, 0.15) is 0 Å². The number of hydrogen-bond acceptors (Lipinski definition) is 7. The molecule has 2 aromatic rings. The van der Waals surface area contributed by atoms with Gasteiger partial charge in [0.15, 0.2) is 5.03 Å². The quantitative estimate of drug-likeness (QED) is 0.796. The molecule has 2 aromatic heterocycles. The van der Waals surface area contributed by atoms with Gasteiger partial charge in [0.2, 0.25) is 0 Å². The molecule has 3 heterocycles. The minimum absolute atomic E-state index is 0.00476. The number of sulfonamides is 1. The predicted molar refractivity (Wildman–Crippen MR) is 85.6 cm³/mol. The van der Waals surface area contributed by atoms with E-state index in [1.807, 2.05) is 17.5 Å². The minimum atomic E-state index is -3.64. The van der Waals surface area contributed by atoms with Gasteiger partial charge in [0.25, 0.3) is 10.0 Å². The monoisotopic (exact) mass is 357 g/mol. The zero-order valence-electron chi connectivity index (χ0n) is 12.8. The van der Waals surface area contributed by atoms with E-state index in [1.165, 1.54) is 10.9 Å². The van der Waals surface area contributed by atoms with Crippen LogP contribution in [0.4, 0.5) is 0 Å². The van der Waals surface area contributed by atoms with Crippen LogP contribution in [-0.2, 0) is 21.8 Å². The molecule has 0 aliphatic carbocycles. The molecule has 1 unspecified atom stereocenters. The lowest BCUT2D eigenvalue weighted by Crippen LogP contribution is -2.43. The second kappa shape index (κ2) is 7.05. The number of nitrogens with one attached hydrogen (secondary N) is 1. The van der Waals surface area contributed by atoms with Crippen LogP contribution < -0.4 is 4.72 Å². The van der Waals surface area contributed by atoms with Crippen molar-refractivity contribution in [3.8, 4) is 0 Å². The van der Waals surface area contributed by atoms with E-state index in [0.29, 0.717) is 19.8 Å². The smallest absolute Gasteiger partial charge is 0.259 e. The van der Waals surface area contributed by atoms with Crippen LogP contribution in [0.1, 0.15) is 10.9 Å². The Bertz CT molecular complexity index is 723. The maximum atomic E-state index is 12.4. The Morgan fingerprint density at radius 1 is 1.43 bits per heavy atom. The number of rotatable bonds is 6. The summed E-state index contributed by atoms with van der Waals surface area (Å²) < 4.78 is 34.2. The molecule has 1 saturated heterocycles. The molecule has 1 aliphatic rings. The summed E-state index contributed by atoms with van der Waals surface area (Å²) in [6.45, 7) is 3.21. The first kappa shape index (κ1) is 16.5. The molecule has 1 atom stereocenters. The van der Waals surface area contributed by atoms with Gasteiger partial charge in [0.05, 0.1) is 25.5 Å². The number of ether oxygens (including phenoxy) is 1. The standard InChI is InChI=1S/C13H19N5O3S2/c1-17-13(10-14-16-17)23(19,20)15-9-11(12-3-2-8-22-12)18-4-6-21-7-5-18/h2-3,8,10-11,15H,4-7,9H2,1H3. The SMILES string of the molecule is Cn1nncc1S(=O)(=O)NCC(c1cccs1)N1CCOCC1. The highest BCUT2D eigenvalue weighted by atomic mass is 32.2. The summed E-state index contributed by atoms with van der Waals surface area (Å²) in [5, 5.41) is 9.36. The molecule has 1 aliphatic heterocycles. The fraction of sp³-hybridized carbons (Fsp3) is 0.538. The maximum Gasteiger partial charge on any atom is 0.259 e. The Kier molecular flexibility index (Phi) is 5.07. The molecular weight excluding hydrogens is 338 g/mol. The minimum Gasteiger partial charge on any atom is -0.379 e. The lowest BCUT2D eigenvalue weighted by molar-refractivity contribution is 0.0179. The highest BCUT2D eigenvalue weighted by Gasteiger charge is 2.26. The van der Waals surface area contributed by atoms with Gasteiger partial charge in [-0.1, -0.05) is 11.3 Å². The Hall–Kier alpha value is -1.33. The second-order valence-electron chi connectivity index (χ2n) is 5.23. The van der Waals surface area contributed by atoms with Gasteiger partial charge >= 0.3 is 0 Å². The second-order valence-corrected chi connectivity index (χ2v) is 7.92. The first-order valence-corrected chi connectivity index (χ1v) is 9.64. The summed E-state index contributed by atoms with van der Waals surface area (Å²) >= 11 is 1.63. The van der Waals surface area contributed by atoms with Crippen molar-refractivity contribution in [2.45, 2.75) is 11.1 Å². The Balaban J connectivity index is 1.75. The van der Waals surface area contributed by atoms with E-state index in [1.54, 1.807) is 18.4 Å².